The lowest BCUT2D eigenvalue weighted by molar-refractivity contribution is -0.153. The quantitative estimate of drug-likeness (QED) is 0.133. The molecule has 0 radical (unpaired) electrons. The summed E-state index contributed by atoms with van der Waals surface area (Å²) in [4.78, 5) is 57.0. The van der Waals surface area contributed by atoms with Gasteiger partial charge in [-0.2, -0.15) is 0 Å². The average molecular weight is 525 g/mol. The molecule has 3 amide bonds. The molecule has 2 fully saturated rings. The molecule has 6 N–H and O–H groups in total. The number of aliphatic imine (C=N–C) groups is 1. The molecular formula is C25H44N6O6. The zero-order valence-corrected chi connectivity index (χ0v) is 22.8. The van der Waals surface area contributed by atoms with Gasteiger partial charge < -0.3 is 36.5 Å². The summed E-state index contributed by atoms with van der Waals surface area (Å²) in [5, 5.41) is 5.50. The Morgan fingerprint density at radius 3 is 2.30 bits per heavy atom. The van der Waals surface area contributed by atoms with Gasteiger partial charge in [0.2, 0.25) is 11.8 Å². The van der Waals surface area contributed by atoms with E-state index in [0.717, 1.165) is 12.8 Å². The number of amidine groups is 1. The van der Waals surface area contributed by atoms with E-state index in [0.29, 0.717) is 37.6 Å². The van der Waals surface area contributed by atoms with Crippen molar-refractivity contribution in [1.82, 2.24) is 15.5 Å². The molecule has 1 saturated heterocycles. The van der Waals surface area contributed by atoms with Gasteiger partial charge in [0.25, 0.3) is 0 Å². The third-order valence-electron chi connectivity index (χ3n) is 6.49. The van der Waals surface area contributed by atoms with Crippen LogP contribution in [0.2, 0.25) is 0 Å². The number of piperidine rings is 1. The maximum atomic E-state index is 13.5. The lowest BCUT2D eigenvalue weighted by Gasteiger charge is -2.41. The van der Waals surface area contributed by atoms with Gasteiger partial charge in [-0.1, -0.05) is 12.8 Å². The Labute approximate surface area is 219 Å². The van der Waals surface area contributed by atoms with Crippen LogP contribution in [0.15, 0.2) is 4.99 Å². The van der Waals surface area contributed by atoms with Crippen molar-refractivity contribution in [3.63, 3.8) is 0 Å². The van der Waals surface area contributed by atoms with Crippen LogP contribution in [0.3, 0.4) is 0 Å². The molecule has 0 bridgehead atoms. The van der Waals surface area contributed by atoms with Crippen LogP contribution in [0.25, 0.3) is 0 Å². The Balaban J connectivity index is 2.07. The Morgan fingerprint density at radius 2 is 1.78 bits per heavy atom. The summed E-state index contributed by atoms with van der Waals surface area (Å²) in [7, 11) is 1.25. The third-order valence-corrected chi connectivity index (χ3v) is 6.49. The van der Waals surface area contributed by atoms with Crippen molar-refractivity contribution < 1.29 is 28.7 Å². The van der Waals surface area contributed by atoms with E-state index in [9.17, 15) is 19.2 Å². The second-order valence-electron chi connectivity index (χ2n) is 11.0. The summed E-state index contributed by atoms with van der Waals surface area (Å²) in [6.45, 7) is 7.67. The van der Waals surface area contributed by atoms with E-state index in [1.54, 1.807) is 32.6 Å². The molecule has 210 valence electrons. The number of nitrogens with one attached hydrogen (secondary N) is 2. The zero-order valence-electron chi connectivity index (χ0n) is 22.8. The second-order valence-corrected chi connectivity index (χ2v) is 11.0. The molecule has 0 aromatic carbocycles. The third kappa shape index (κ3) is 9.83. The molecule has 0 spiro atoms. The van der Waals surface area contributed by atoms with Gasteiger partial charge >= 0.3 is 12.1 Å². The summed E-state index contributed by atoms with van der Waals surface area (Å²) >= 11 is 0. The van der Waals surface area contributed by atoms with Crippen molar-refractivity contribution >= 4 is 29.7 Å². The predicted octanol–water partition coefficient (Wildman–Crippen LogP) is 0.815. The van der Waals surface area contributed by atoms with Crippen LogP contribution in [0.1, 0.15) is 72.6 Å². The Morgan fingerprint density at radius 1 is 1.16 bits per heavy atom. The average Bonchev–Trinajstić information content (AvgIpc) is 3.62. The molecule has 12 heteroatoms. The van der Waals surface area contributed by atoms with E-state index >= 15 is 0 Å². The molecule has 1 heterocycles. The summed E-state index contributed by atoms with van der Waals surface area (Å²) in [6.07, 6.45) is 3.22. The van der Waals surface area contributed by atoms with Gasteiger partial charge in [0.15, 0.2) is 0 Å². The van der Waals surface area contributed by atoms with Crippen LogP contribution in [0, 0.1) is 5.92 Å². The van der Waals surface area contributed by atoms with Crippen molar-refractivity contribution in [2.24, 2.45) is 22.4 Å². The molecular weight excluding hydrogens is 480 g/mol. The predicted molar refractivity (Wildman–Crippen MR) is 139 cm³/mol. The van der Waals surface area contributed by atoms with Crippen LogP contribution < -0.4 is 22.1 Å². The lowest BCUT2D eigenvalue weighted by atomic mass is 9.87. The summed E-state index contributed by atoms with van der Waals surface area (Å²) in [6, 6.07) is -1.45. The van der Waals surface area contributed by atoms with Crippen molar-refractivity contribution in [2.45, 2.75) is 95.9 Å². The van der Waals surface area contributed by atoms with Crippen molar-refractivity contribution in [3.8, 4) is 0 Å². The molecule has 1 aliphatic heterocycles. The summed E-state index contributed by atoms with van der Waals surface area (Å²) in [5.74, 6) is -0.294. The number of amides is 3. The van der Waals surface area contributed by atoms with Gasteiger partial charge in [-0.3, -0.25) is 14.6 Å². The minimum absolute atomic E-state index is 0.142. The molecule has 0 aromatic heterocycles. The van der Waals surface area contributed by atoms with Gasteiger partial charge in [-0.15, -0.1) is 0 Å². The maximum absolute atomic E-state index is 13.5. The van der Waals surface area contributed by atoms with Crippen LogP contribution in [-0.2, 0) is 23.9 Å². The standard InChI is InChI=1S/C25H44N6O6/c1-16(26)28-12-6-7-19(29-20(32)18(27)15-17-8-9-17)21(33)31-13-10-25(11-14-31,22(34)36-5)30-23(35)37-24(2,3)4/h17-19H,6-15,27H2,1-5H3,(H2,26,28)(H,29,32)(H,30,35)/t18-,19-/m1/s1. The van der Waals surface area contributed by atoms with E-state index in [2.05, 4.69) is 15.6 Å². The van der Waals surface area contributed by atoms with Crippen LogP contribution in [-0.4, -0.2) is 84.6 Å². The van der Waals surface area contributed by atoms with Gasteiger partial charge in [-0.05, 0) is 65.7 Å². The highest BCUT2D eigenvalue weighted by Gasteiger charge is 2.46. The van der Waals surface area contributed by atoms with Crippen molar-refractivity contribution in [2.75, 3.05) is 26.7 Å². The summed E-state index contributed by atoms with van der Waals surface area (Å²) in [5.41, 5.74) is 9.62. The van der Waals surface area contributed by atoms with Crippen molar-refractivity contribution in [1.29, 1.82) is 0 Å². The van der Waals surface area contributed by atoms with Gasteiger partial charge in [-0.25, -0.2) is 9.59 Å². The monoisotopic (exact) mass is 524 g/mol. The number of hydrogen-bond acceptors (Lipinski definition) is 8. The van der Waals surface area contributed by atoms with Crippen LogP contribution in [0.5, 0.6) is 0 Å². The molecule has 37 heavy (non-hydrogen) atoms. The fourth-order valence-corrected chi connectivity index (χ4v) is 4.31. The number of methoxy groups -OCH3 is 1. The topological polar surface area (TPSA) is 178 Å². The minimum Gasteiger partial charge on any atom is -0.467 e. The molecule has 2 rings (SSSR count). The number of hydrogen-bond donors (Lipinski definition) is 4. The van der Waals surface area contributed by atoms with Crippen LogP contribution in [0.4, 0.5) is 4.79 Å². The fourth-order valence-electron chi connectivity index (χ4n) is 4.31. The first-order chi connectivity index (χ1) is 17.3. The smallest absolute Gasteiger partial charge is 0.408 e. The van der Waals surface area contributed by atoms with E-state index in [1.165, 1.54) is 7.11 Å². The highest BCUT2D eigenvalue weighted by molar-refractivity contribution is 5.90. The van der Waals surface area contributed by atoms with E-state index in [4.69, 9.17) is 20.9 Å². The molecule has 1 saturated carbocycles. The number of carbonyl (C=O) groups is 4. The van der Waals surface area contributed by atoms with Gasteiger partial charge in [0.1, 0.15) is 17.2 Å². The van der Waals surface area contributed by atoms with E-state index in [-0.39, 0.29) is 37.7 Å². The Kier molecular flexibility index (Phi) is 10.7. The normalized spacial score (nSPS) is 19.4. The minimum atomic E-state index is -1.31. The summed E-state index contributed by atoms with van der Waals surface area (Å²) < 4.78 is 10.3. The Bertz CT molecular complexity index is 854. The number of nitrogens with zero attached hydrogens (tertiary/aromatic N) is 2. The number of likely N-dealkylation sites (tertiary alicyclic amines) is 1. The SMILES string of the molecule is COC(=O)C1(NC(=O)OC(C)(C)C)CCN(C(=O)[C@@H](CCCN=C(C)N)NC(=O)[C@H](N)CC2CC2)CC1. The largest absolute Gasteiger partial charge is 0.467 e. The number of esters is 1. The number of ether oxygens (including phenoxy) is 2. The second kappa shape index (κ2) is 13.1. The maximum Gasteiger partial charge on any atom is 0.408 e. The lowest BCUT2D eigenvalue weighted by Crippen LogP contribution is -2.63. The van der Waals surface area contributed by atoms with Crippen LogP contribution >= 0.6 is 0 Å². The first-order valence-corrected chi connectivity index (χ1v) is 13.0. The molecule has 12 nitrogen and oxygen atoms in total. The van der Waals surface area contributed by atoms with Gasteiger partial charge in [0, 0.05) is 19.6 Å². The number of nitrogens with two attached hydrogens (primary N) is 2. The fraction of sp³-hybridized carbons (Fsp3) is 0.800. The molecule has 1 aliphatic carbocycles. The molecule has 2 aliphatic rings. The number of carbonyl (C=O) groups excluding carboxylic acids is 4. The Hall–Kier alpha value is -2.89. The van der Waals surface area contributed by atoms with Crippen molar-refractivity contribution in [3.05, 3.63) is 0 Å². The zero-order chi connectivity index (χ0) is 27.8. The molecule has 0 aromatic rings. The van der Waals surface area contributed by atoms with E-state index < -0.39 is 35.3 Å². The first-order valence-electron chi connectivity index (χ1n) is 13.0. The molecule has 0 unspecified atom stereocenters. The first kappa shape index (κ1) is 30.3. The highest BCUT2D eigenvalue weighted by atomic mass is 16.6. The van der Waals surface area contributed by atoms with Gasteiger partial charge in [0.05, 0.1) is 19.0 Å². The molecule has 2 atom stereocenters. The number of rotatable bonds is 11. The highest BCUT2D eigenvalue weighted by Crippen LogP contribution is 2.33. The number of alkyl carbamates (subject to hydrolysis) is 1. The van der Waals surface area contributed by atoms with E-state index in [1.807, 2.05) is 0 Å².